The quantitative estimate of drug-likeness (QED) is 0.899. The number of fused-ring (bicyclic) bond motifs is 1. The molecule has 1 fully saturated rings. The number of hydrogen-bond donors (Lipinski definition) is 1. The second kappa shape index (κ2) is 6.91. The molecule has 4 heteroatoms. The predicted molar refractivity (Wildman–Crippen MR) is 93.3 cm³/mol. The fraction of sp³-hybridized carbons (Fsp3) is 0.200. The number of ether oxygens (including phenoxy) is 3. The molecule has 1 aliphatic heterocycles. The molecule has 122 valence electrons. The van der Waals surface area contributed by atoms with Crippen molar-refractivity contribution in [1.82, 2.24) is 0 Å². The van der Waals surface area contributed by atoms with Gasteiger partial charge in [0.15, 0.2) is 5.75 Å². The van der Waals surface area contributed by atoms with E-state index in [1.54, 1.807) is 0 Å². The van der Waals surface area contributed by atoms with E-state index in [0.717, 1.165) is 17.2 Å². The first-order valence-electron chi connectivity index (χ1n) is 8.06. The van der Waals surface area contributed by atoms with Crippen molar-refractivity contribution in [1.29, 1.82) is 0 Å². The molecule has 0 amide bonds. The first-order valence-corrected chi connectivity index (χ1v) is 8.06. The van der Waals surface area contributed by atoms with Crippen LogP contribution in [0.3, 0.4) is 0 Å². The van der Waals surface area contributed by atoms with E-state index in [0.29, 0.717) is 13.3 Å². The van der Waals surface area contributed by atoms with Crippen LogP contribution in [-0.2, 0) is 9.47 Å². The molecule has 0 radical (unpaired) electrons. The smallest absolute Gasteiger partial charge is 0.150 e. The summed E-state index contributed by atoms with van der Waals surface area (Å²) in [6.07, 6.45) is 6.18. The van der Waals surface area contributed by atoms with Crippen molar-refractivity contribution in [2.24, 2.45) is 0 Å². The third-order valence-electron chi connectivity index (χ3n) is 4.12. The molecule has 1 saturated heterocycles. The first-order chi connectivity index (χ1) is 11.9. The molecule has 0 saturated carbocycles. The Labute approximate surface area is 141 Å². The van der Waals surface area contributed by atoms with E-state index in [4.69, 9.17) is 14.2 Å². The van der Waals surface area contributed by atoms with Gasteiger partial charge in [-0.2, -0.15) is 0 Å². The number of allylic oxidation sites excluding steroid dienone is 2. The van der Waals surface area contributed by atoms with E-state index in [9.17, 15) is 0 Å². The lowest BCUT2D eigenvalue weighted by Crippen LogP contribution is -2.28. The highest BCUT2D eigenvalue weighted by atomic mass is 16.7. The Kier molecular flexibility index (Phi) is 4.32. The number of nitrogens with one attached hydrogen (secondary N) is 1. The van der Waals surface area contributed by atoms with Gasteiger partial charge in [0.2, 0.25) is 0 Å². The largest absolute Gasteiger partial charge is 0.455 e. The van der Waals surface area contributed by atoms with Crippen molar-refractivity contribution in [3.63, 3.8) is 0 Å². The molecule has 2 atom stereocenters. The van der Waals surface area contributed by atoms with Crippen LogP contribution >= 0.6 is 0 Å². The zero-order valence-electron chi connectivity index (χ0n) is 13.2. The molecule has 24 heavy (non-hydrogen) atoms. The highest BCUT2D eigenvalue weighted by Crippen LogP contribution is 2.30. The van der Waals surface area contributed by atoms with Crippen molar-refractivity contribution in [2.45, 2.75) is 12.2 Å². The number of para-hydroxylation sites is 3. The Hall–Kier alpha value is -2.56. The van der Waals surface area contributed by atoms with Gasteiger partial charge in [0.25, 0.3) is 0 Å². The molecule has 2 unspecified atom stereocenters. The van der Waals surface area contributed by atoms with Gasteiger partial charge in [0.05, 0.1) is 5.69 Å². The summed E-state index contributed by atoms with van der Waals surface area (Å²) in [4.78, 5) is 0. The van der Waals surface area contributed by atoms with Gasteiger partial charge in [-0.05, 0) is 29.8 Å². The molecule has 1 heterocycles. The summed E-state index contributed by atoms with van der Waals surface area (Å²) in [5.74, 6) is 1.62. The number of anilines is 1. The Morgan fingerprint density at radius 3 is 2.75 bits per heavy atom. The minimum atomic E-state index is 0.00436. The topological polar surface area (TPSA) is 39.7 Å². The van der Waals surface area contributed by atoms with Gasteiger partial charge >= 0.3 is 0 Å². The monoisotopic (exact) mass is 321 g/mol. The minimum Gasteiger partial charge on any atom is -0.455 e. The van der Waals surface area contributed by atoms with Crippen molar-refractivity contribution >= 4 is 5.69 Å². The molecule has 2 aromatic carbocycles. The van der Waals surface area contributed by atoms with Gasteiger partial charge in [-0.15, -0.1) is 0 Å². The summed E-state index contributed by atoms with van der Waals surface area (Å²) in [5, 5.41) is 3.45. The van der Waals surface area contributed by atoms with Crippen LogP contribution in [-0.4, -0.2) is 25.5 Å². The Bertz CT molecular complexity index is 754. The number of hydrogen-bond acceptors (Lipinski definition) is 4. The summed E-state index contributed by atoms with van der Waals surface area (Å²) in [6.45, 7) is 1.04. The van der Waals surface area contributed by atoms with Crippen LogP contribution in [0.25, 0.3) is 0 Å². The summed E-state index contributed by atoms with van der Waals surface area (Å²) >= 11 is 0. The third-order valence-corrected chi connectivity index (χ3v) is 4.12. The van der Waals surface area contributed by atoms with E-state index < -0.39 is 0 Å². The fourth-order valence-corrected chi connectivity index (χ4v) is 2.91. The molecular weight excluding hydrogens is 302 g/mol. The van der Waals surface area contributed by atoms with Gasteiger partial charge in [-0.1, -0.05) is 48.6 Å². The minimum absolute atomic E-state index is 0.00436. The Morgan fingerprint density at radius 1 is 1.00 bits per heavy atom. The van der Waals surface area contributed by atoms with Crippen molar-refractivity contribution in [2.75, 3.05) is 18.7 Å². The van der Waals surface area contributed by atoms with Crippen LogP contribution in [0.1, 0.15) is 0 Å². The van der Waals surface area contributed by atoms with E-state index in [2.05, 4.69) is 11.4 Å². The molecule has 2 aliphatic rings. The molecule has 0 aromatic heterocycles. The van der Waals surface area contributed by atoms with Gasteiger partial charge in [-0.25, -0.2) is 0 Å². The second-order valence-electron chi connectivity index (χ2n) is 5.73. The normalized spacial score (nSPS) is 21.9. The fourth-order valence-electron chi connectivity index (χ4n) is 2.91. The van der Waals surface area contributed by atoms with E-state index in [1.165, 1.54) is 5.57 Å². The van der Waals surface area contributed by atoms with Crippen LogP contribution < -0.4 is 10.1 Å². The van der Waals surface area contributed by atoms with Crippen molar-refractivity contribution in [3.8, 4) is 11.5 Å². The van der Waals surface area contributed by atoms with Gasteiger partial charge in [0, 0.05) is 6.54 Å². The maximum Gasteiger partial charge on any atom is 0.150 e. The zero-order valence-corrected chi connectivity index (χ0v) is 13.2. The van der Waals surface area contributed by atoms with Gasteiger partial charge < -0.3 is 19.5 Å². The van der Waals surface area contributed by atoms with Crippen LogP contribution in [0.15, 0.2) is 78.4 Å². The van der Waals surface area contributed by atoms with Crippen LogP contribution in [0.5, 0.6) is 11.5 Å². The molecular formula is C20H19NO3. The lowest BCUT2D eigenvalue weighted by atomic mass is 9.99. The molecule has 4 nitrogen and oxygen atoms in total. The summed E-state index contributed by atoms with van der Waals surface area (Å²) in [5.41, 5.74) is 2.13. The van der Waals surface area contributed by atoms with E-state index in [-0.39, 0.29) is 12.2 Å². The second-order valence-corrected chi connectivity index (χ2v) is 5.73. The average Bonchev–Trinajstić information content (AvgIpc) is 3.11. The Morgan fingerprint density at radius 2 is 1.83 bits per heavy atom. The van der Waals surface area contributed by atoms with Gasteiger partial charge in [-0.3, -0.25) is 0 Å². The number of benzene rings is 2. The van der Waals surface area contributed by atoms with E-state index in [1.807, 2.05) is 66.7 Å². The van der Waals surface area contributed by atoms with Crippen LogP contribution in [0.2, 0.25) is 0 Å². The predicted octanol–water partition coefficient (Wildman–Crippen LogP) is 4.13. The molecule has 1 N–H and O–H groups in total. The third kappa shape index (κ3) is 3.20. The highest BCUT2D eigenvalue weighted by molar-refractivity contribution is 5.58. The molecule has 0 spiro atoms. The molecule has 0 bridgehead atoms. The average molecular weight is 321 g/mol. The molecule has 4 rings (SSSR count). The Balaban J connectivity index is 1.47. The maximum absolute atomic E-state index is 5.98. The number of rotatable bonds is 5. The van der Waals surface area contributed by atoms with Crippen molar-refractivity contribution in [3.05, 3.63) is 78.4 Å². The maximum atomic E-state index is 5.98. The van der Waals surface area contributed by atoms with Gasteiger partial charge in [0.1, 0.15) is 24.8 Å². The SMILES string of the molecule is C1=CC2OCOC2C(CNc2ccccc2Oc2ccccc2)=C1. The zero-order chi connectivity index (χ0) is 16.2. The van der Waals surface area contributed by atoms with Crippen molar-refractivity contribution < 1.29 is 14.2 Å². The lowest BCUT2D eigenvalue weighted by Gasteiger charge is -2.22. The summed E-state index contributed by atoms with van der Waals surface area (Å²) < 4.78 is 17.2. The standard InChI is InChI=1S/C20H19NO3/c1-2-8-16(9-3-1)24-18-11-5-4-10-17(18)21-13-15-7-6-12-19-20(15)23-14-22-19/h1-12,19-21H,13-14H2. The van der Waals surface area contributed by atoms with Crippen LogP contribution in [0, 0.1) is 0 Å². The molecule has 1 aliphatic carbocycles. The lowest BCUT2D eigenvalue weighted by molar-refractivity contribution is 0.0488. The highest BCUT2D eigenvalue weighted by Gasteiger charge is 2.31. The van der Waals surface area contributed by atoms with Crippen LogP contribution in [0.4, 0.5) is 5.69 Å². The summed E-state index contributed by atoms with van der Waals surface area (Å²) in [6, 6.07) is 17.7. The molecule has 2 aromatic rings. The van der Waals surface area contributed by atoms with E-state index >= 15 is 0 Å². The first kappa shape index (κ1) is 15.0. The summed E-state index contributed by atoms with van der Waals surface area (Å²) in [7, 11) is 0.